The highest BCUT2D eigenvalue weighted by molar-refractivity contribution is 7.98. The first kappa shape index (κ1) is 17.3. The smallest absolute Gasteiger partial charge is 0.451 e. The van der Waals surface area contributed by atoms with Crippen molar-refractivity contribution in [1.82, 2.24) is 9.97 Å². The van der Waals surface area contributed by atoms with Gasteiger partial charge in [-0.3, -0.25) is 0 Å². The number of halogens is 3. The highest BCUT2D eigenvalue weighted by Gasteiger charge is 2.35. The Bertz CT molecular complexity index is 915. The molecule has 2 aromatic carbocycles. The van der Waals surface area contributed by atoms with Crippen molar-refractivity contribution < 1.29 is 17.9 Å². The van der Waals surface area contributed by atoms with E-state index in [9.17, 15) is 13.2 Å². The Labute approximate surface area is 146 Å². The highest BCUT2D eigenvalue weighted by Crippen LogP contribution is 2.33. The first-order valence-corrected chi connectivity index (χ1v) is 8.47. The number of hydrogen-bond donors (Lipinski definition) is 1. The molecule has 0 aliphatic rings. The van der Waals surface area contributed by atoms with Gasteiger partial charge in [0.25, 0.3) is 0 Å². The summed E-state index contributed by atoms with van der Waals surface area (Å²) in [6.07, 6.45) is -2.72. The molecule has 0 bridgehead atoms. The molecule has 3 aromatic rings. The molecular weight excluding hydrogens is 351 g/mol. The number of thioether (sulfide) groups is 1. The third kappa shape index (κ3) is 3.79. The van der Waals surface area contributed by atoms with Gasteiger partial charge in [-0.1, -0.05) is 6.07 Å². The van der Waals surface area contributed by atoms with Crippen LogP contribution in [0.3, 0.4) is 0 Å². The van der Waals surface area contributed by atoms with Crippen molar-refractivity contribution in [2.75, 3.05) is 18.7 Å². The summed E-state index contributed by atoms with van der Waals surface area (Å²) >= 11 is 1.54. The Morgan fingerprint density at radius 3 is 2.56 bits per heavy atom. The lowest BCUT2D eigenvalue weighted by molar-refractivity contribution is -0.144. The third-order valence-electron chi connectivity index (χ3n) is 3.49. The maximum Gasteiger partial charge on any atom is 0.451 e. The van der Waals surface area contributed by atoms with Crippen LogP contribution in [-0.4, -0.2) is 23.3 Å². The largest absolute Gasteiger partial charge is 0.497 e. The molecule has 0 aliphatic heterocycles. The quantitative estimate of drug-likeness (QED) is 0.650. The molecule has 0 aliphatic carbocycles. The molecule has 0 spiro atoms. The summed E-state index contributed by atoms with van der Waals surface area (Å²) in [4.78, 5) is 8.30. The van der Waals surface area contributed by atoms with E-state index in [4.69, 9.17) is 4.74 Å². The number of rotatable bonds is 4. The van der Waals surface area contributed by atoms with Crippen molar-refractivity contribution in [1.29, 1.82) is 0 Å². The van der Waals surface area contributed by atoms with E-state index < -0.39 is 12.0 Å². The van der Waals surface area contributed by atoms with Gasteiger partial charge in [-0.25, -0.2) is 9.97 Å². The van der Waals surface area contributed by atoms with Gasteiger partial charge in [-0.15, -0.1) is 11.8 Å². The van der Waals surface area contributed by atoms with Gasteiger partial charge in [0.15, 0.2) is 0 Å². The lowest BCUT2D eigenvalue weighted by Gasteiger charge is -2.13. The Kier molecular flexibility index (Phi) is 4.71. The van der Waals surface area contributed by atoms with Crippen molar-refractivity contribution in [2.45, 2.75) is 11.1 Å². The van der Waals surface area contributed by atoms with Gasteiger partial charge in [-0.05, 0) is 36.6 Å². The summed E-state index contributed by atoms with van der Waals surface area (Å²) in [5.41, 5.74) is 0.806. The Morgan fingerprint density at radius 2 is 1.88 bits per heavy atom. The standard InChI is InChI=1S/C17H14F3N3OS/c1-24-11-6-7-13-14(9-11)22-16(17(18,19)20)23-15(13)21-10-4-3-5-12(8-10)25-2/h3-9H,1-2H3,(H,21,22,23). The van der Waals surface area contributed by atoms with Crippen LogP contribution < -0.4 is 10.1 Å². The topological polar surface area (TPSA) is 47.0 Å². The van der Waals surface area contributed by atoms with Crippen LogP contribution in [0.5, 0.6) is 5.75 Å². The fourth-order valence-electron chi connectivity index (χ4n) is 2.30. The highest BCUT2D eigenvalue weighted by atomic mass is 32.2. The molecule has 0 amide bonds. The number of anilines is 2. The zero-order valence-electron chi connectivity index (χ0n) is 13.4. The predicted molar refractivity (Wildman–Crippen MR) is 92.6 cm³/mol. The van der Waals surface area contributed by atoms with Crippen LogP contribution >= 0.6 is 11.8 Å². The lowest BCUT2D eigenvalue weighted by atomic mass is 10.2. The number of ether oxygens (including phenoxy) is 1. The first-order valence-electron chi connectivity index (χ1n) is 7.25. The number of aromatic nitrogens is 2. The number of methoxy groups -OCH3 is 1. The Morgan fingerprint density at radius 1 is 1.08 bits per heavy atom. The minimum Gasteiger partial charge on any atom is -0.497 e. The van der Waals surface area contributed by atoms with Crippen molar-refractivity contribution in [3.05, 3.63) is 48.3 Å². The maximum atomic E-state index is 13.1. The van der Waals surface area contributed by atoms with Gasteiger partial charge >= 0.3 is 6.18 Å². The van der Waals surface area contributed by atoms with Gasteiger partial charge in [0.05, 0.1) is 12.6 Å². The summed E-state index contributed by atoms with van der Waals surface area (Å²) in [6, 6.07) is 12.1. The van der Waals surface area contributed by atoms with Crippen LogP contribution in [0.2, 0.25) is 0 Å². The van der Waals surface area contributed by atoms with Crippen LogP contribution in [-0.2, 0) is 6.18 Å². The average Bonchev–Trinajstić information content (AvgIpc) is 2.60. The number of nitrogens with one attached hydrogen (secondary N) is 1. The molecule has 130 valence electrons. The summed E-state index contributed by atoms with van der Waals surface area (Å²) in [7, 11) is 1.44. The minimum absolute atomic E-state index is 0.0956. The molecule has 0 atom stereocenters. The predicted octanol–water partition coefficient (Wildman–Crippen LogP) is 5.12. The molecule has 1 aromatic heterocycles. The molecule has 1 heterocycles. The van der Waals surface area contributed by atoms with Crippen LogP contribution in [0.25, 0.3) is 10.9 Å². The normalized spacial score (nSPS) is 11.6. The Balaban J connectivity index is 2.14. The van der Waals surface area contributed by atoms with E-state index in [0.29, 0.717) is 16.8 Å². The molecule has 0 radical (unpaired) electrons. The van der Waals surface area contributed by atoms with E-state index in [0.717, 1.165) is 4.90 Å². The second-order valence-corrected chi connectivity index (χ2v) is 6.01. The van der Waals surface area contributed by atoms with E-state index >= 15 is 0 Å². The van der Waals surface area contributed by atoms with E-state index in [2.05, 4.69) is 15.3 Å². The van der Waals surface area contributed by atoms with E-state index in [1.54, 1.807) is 30.0 Å². The molecular formula is C17H14F3N3OS. The summed E-state index contributed by atoms with van der Waals surface area (Å²) in [5.74, 6) is -0.676. The monoisotopic (exact) mass is 365 g/mol. The molecule has 4 nitrogen and oxygen atoms in total. The second kappa shape index (κ2) is 6.79. The number of nitrogens with zero attached hydrogens (tertiary/aromatic N) is 2. The van der Waals surface area contributed by atoms with Crippen LogP contribution in [0, 0.1) is 0 Å². The summed E-state index contributed by atoms with van der Waals surface area (Å²) in [5, 5.41) is 3.44. The minimum atomic E-state index is -4.64. The fourth-order valence-corrected chi connectivity index (χ4v) is 2.76. The van der Waals surface area contributed by atoms with Gasteiger partial charge < -0.3 is 10.1 Å². The molecule has 3 rings (SSSR count). The van der Waals surface area contributed by atoms with Crippen LogP contribution in [0.4, 0.5) is 24.7 Å². The average molecular weight is 365 g/mol. The van der Waals surface area contributed by atoms with Crippen molar-refractivity contribution >= 4 is 34.2 Å². The lowest BCUT2D eigenvalue weighted by Crippen LogP contribution is -2.12. The van der Waals surface area contributed by atoms with Crippen molar-refractivity contribution in [3.8, 4) is 5.75 Å². The molecule has 25 heavy (non-hydrogen) atoms. The summed E-state index contributed by atoms with van der Waals surface area (Å²) in [6.45, 7) is 0. The fraction of sp³-hybridized carbons (Fsp3) is 0.176. The second-order valence-electron chi connectivity index (χ2n) is 5.13. The van der Waals surface area contributed by atoms with Gasteiger partial charge in [0.1, 0.15) is 11.6 Å². The Hall–Kier alpha value is -2.48. The zero-order valence-corrected chi connectivity index (χ0v) is 14.2. The van der Waals surface area contributed by atoms with Gasteiger partial charge in [-0.2, -0.15) is 13.2 Å². The van der Waals surface area contributed by atoms with Crippen LogP contribution in [0.15, 0.2) is 47.4 Å². The summed E-state index contributed by atoms with van der Waals surface area (Å²) < 4.78 is 44.5. The number of alkyl halides is 3. The van der Waals surface area contributed by atoms with Crippen molar-refractivity contribution in [3.63, 3.8) is 0 Å². The van der Waals surface area contributed by atoms with Crippen molar-refractivity contribution in [2.24, 2.45) is 0 Å². The number of hydrogen-bond acceptors (Lipinski definition) is 5. The molecule has 0 unspecified atom stereocenters. The first-order chi connectivity index (χ1) is 11.9. The van der Waals surface area contributed by atoms with Gasteiger partial charge in [0.2, 0.25) is 5.82 Å². The van der Waals surface area contributed by atoms with E-state index in [1.807, 2.05) is 24.5 Å². The SMILES string of the molecule is COc1ccc2c(Nc3cccc(SC)c3)nc(C(F)(F)F)nc2c1. The maximum absolute atomic E-state index is 13.1. The number of fused-ring (bicyclic) bond motifs is 1. The number of benzene rings is 2. The van der Waals surface area contributed by atoms with Gasteiger partial charge in [0, 0.05) is 22.0 Å². The molecule has 0 saturated carbocycles. The molecule has 8 heteroatoms. The molecule has 1 N–H and O–H groups in total. The van der Waals surface area contributed by atoms with E-state index in [1.165, 1.54) is 13.2 Å². The van der Waals surface area contributed by atoms with E-state index in [-0.39, 0.29) is 11.3 Å². The van der Waals surface area contributed by atoms with Crippen LogP contribution in [0.1, 0.15) is 5.82 Å². The molecule has 0 saturated heterocycles. The third-order valence-corrected chi connectivity index (χ3v) is 4.22. The molecule has 0 fully saturated rings. The zero-order chi connectivity index (χ0) is 18.0.